The van der Waals surface area contributed by atoms with Crippen molar-refractivity contribution in [3.63, 3.8) is 0 Å². The molecule has 0 atom stereocenters. The molecule has 7 nitrogen and oxygen atoms in total. The van der Waals surface area contributed by atoms with Gasteiger partial charge in [0.15, 0.2) is 5.65 Å². The molecule has 5 rings (SSSR count). The Kier molecular flexibility index (Phi) is 6.05. The highest BCUT2D eigenvalue weighted by Gasteiger charge is 2.27. The first kappa shape index (κ1) is 20.9. The molecule has 0 aliphatic carbocycles. The fourth-order valence-electron chi connectivity index (χ4n) is 3.96. The summed E-state index contributed by atoms with van der Waals surface area (Å²) >= 11 is 7.40. The van der Waals surface area contributed by atoms with Crippen molar-refractivity contribution in [3.8, 4) is 5.75 Å². The zero-order valence-electron chi connectivity index (χ0n) is 17.4. The lowest BCUT2D eigenvalue weighted by molar-refractivity contribution is -0.131. The zero-order chi connectivity index (χ0) is 21.9. The van der Waals surface area contributed by atoms with Crippen LogP contribution in [0.5, 0.6) is 5.75 Å². The number of aromatic nitrogens is 4. The predicted octanol–water partition coefficient (Wildman–Crippen LogP) is 4.37. The number of nitrogens with zero attached hydrogens (tertiary/aromatic N) is 5. The average molecular weight is 468 g/mol. The fraction of sp³-hybridized carbons (Fsp3) is 0.304. The summed E-state index contributed by atoms with van der Waals surface area (Å²) in [5.41, 5.74) is 1.65. The van der Waals surface area contributed by atoms with E-state index in [1.165, 1.54) is 11.3 Å². The fourth-order valence-corrected chi connectivity index (χ4v) is 4.80. The second kappa shape index (κ2) is 9.26. The van der Waals surface area contributed by atoms with Crippen LogP contribution in [0, 0.1) is 0 Å². The number of ether oxygens (including phenoxy) is 1. The number of thiazole rings is 1. The van der Waals surface area contributed by atoms with Gasteiger partial charge in [0.1, 0.15) is 23.2 Å². The van der Waals surface area contributed by atoms with Crippen LogP contribution in [0.1, 0.15) is 35.3 Å². The van der Waals surface area contributed by atoms with Crippen LogP contribution in [-0.2, 0) is 17.8 Å². The van der Waals surface area contributed by atoms with Gasteiger partial charge in [-0.15, -0.1) is 21.5 Å². The molecule has 9 heteroatoms. The van der Waals surface area contributed by atoms with Crippen molar-refractivity contribution in [1.29, 1.82) is 0 Å². The van der Waals surface area contributed by atoms with Gasteiger partial charge in [-0.2, -0.15) is 0 Å². The largest absolute Gasteiger partial charge is 0.486 e. The summed E-state index contributed by atoms with van der Waals surface area (Å²) in [4.78, 5) is 19.3. The lowest BCUT2D eigenvalue weighted by atomic mass is 9.95. The summed E-state index contributed by atoms with van der Waals surface area (Å²) in [5, 5.41) is 12.1. The maximum absolute atomic E-state index is 12.8. The molecule has 0 N–H and O–H groups in total. The summed E-state index contributed by atoms with van der Waals surface area (Å²) in [6.45, 7) is 1.82. The molecular formula is C23H22ClN5O2S. The number of hydrogen-bond donors (Lipinski definition) is 0. The highest BCUT2D eigenvalue weighted by molar-refractivity contribution is 7.09. The van der Waals surface area contributed by atoms with Crippen molar-refractivity contribution in [2.75, 3.05) is 13.1 Å². The van der Waals surface area contributed by atoms with Crippen LogP contribution in [-0.4, -0.2) is 43.5 Å². The van der Waals surface area contributed by atoms with Crippen LogP contribution in [0.25, 0.3) is 5.65 Å². The Morgan fingerprint density at radius 2 is 1.94 bits per heavy atom. The van der Waals surface area contributed by atoms with Crippen LogP contribution >= 0.6 is 22.9 Å². The molecule has 1 aliphatic rings. The quantitative estimate of drug-likeness (QED) is 0.421. The third-order valence-corrected chi connectivity index (χ3v) is 6.78. The number of rotatable bonds is 6. The van der Waals surface area contributed by atoms with E-state index >= 15 is 0 Å². The van der Waals surface area contributed by atoms with Crippen molar-refractivity contribution >= 4 is 34.5 Å². The Morgan fingerprint density at radius 1 is 1.12 bits per heavy atom. The van der Waals surface area contributed by atoms with E-state index in [0.717, 1.165) is 53.9 Å². The van der Waals surface area contributed by atoms with Crippen molar-refractivity contribution in [2.45, 2.75) is 31.8 Å². The highest BCUT2D eigenvalue weighted by atomic mass is 35.5. The third-order valence-electron chi connectivity index (χ3n) is 5.66. The first-order chi connectivity index (χ1) is 15.7. The van der Waals surface area contributed by atoms with Gasteiger partial charge in [0.2, 0.25) is 5.91 Å². The minimum absolute atomic E-state index is 0.116. The Bertz CT molecular complexity index is 1210. The zero-order valence-corrected chi connectivity index (χ0v) is 18.9. The molecule has 1 saturated heterocycles. The topological polar surface area (TPSA) is 72.6 Å². The monoisotopic (exact) mass is 467 g/mol. The molecule has 4 heterocycles. The van der Waals surface area contributed by atoms with Gasteiger partial charge in [0.25, 0.3) is 0 Å². The maximum Gasteiger partial charge on any atom is 0.228 e. The Balaban J connectivity index is 1.13. The minimum Gasteiger partial charge on any atom is -0.486 e. The van der Waals surface area contributed by atoms with Crippen molar-refractivity contribution < 1.29 is 9.53 Å². The number of pyridine rings is 1. The number of likely N-dealkylation sites (tertiary alicyclic amines) is 1. The molecule has 1 fully saturated rings. The standard InChI is InChI=1S/C23H22ClN5O2S/c24-17-4-6-19(7-5-17)31-14-21-25-18(15-32-21)13-22(30)28-11-8-16(9-12-28)23-27-26-20-3-1-2-10-29(20)23/h1-7,10,15-16H,8-9,11-14H2. The average Bonchev–Trinajstić information content (AvgIpc) is 3.46. The van der Waals surface area contributed by atoms with Crippen LogP contribution in [0.2, 0.25) is 5.02 Å². The number of carbonyl (C=O) groups excluding carboxylic acids is 1. The SMILES string of the molecule is O=C(Cc1csc(COc2ccc(Cl)cc2)n1)N1CCC(c2nnc3ccccn23)CC1. The summed E-state index contributed by atoms with van der Waals surface area (Å²) in [5.74, 6) is 2.15. The first-order valence-electron chi connectivity index (χ1n) is 10.5. The number of fused-ring (bicyclic) bond motifs is 1. The van der Waals surface area contributed by atoms with Gasteiger partial charge >= 0.3 is 0 Å². The van der Waals surface area contributed by atoms with Gasteiger partial charge in [0.05, 0.1) is 12.1 Å². The first-order valence-corrected chi connectivity index (χ1v) is 11.8. The van der Waals surface area contributed by atoms with Crippen molar-refractivity contribution in [2.24, 2.45) is 0 Å². The lowest BCUT2D eigenvalue weighted by Gasteiger charge is -2.31. The highest BCUT2D eigenvalue weighted by Crippen LogP contribution is 2.27. The Labute approximate surface area is 194 Å². The van der Waals surface area contributed by atoms with Gasteiger partial charge in [-0.1, -0.05) is 17.7 Å². The van der Waals surface area contributed by atoms with E-state index in [1.54, 1.807) is 12.1 Å². The third kappa shape index (κ3) is 4.61. The van der Waals surface area contributed by atoms with E-state index in [9.17, 15) is 4.79 Å². The van der Waals surface area contributed by atoms with Crippen LogP contribution < -0.4 is 4.74 Å². The smallest absolute Gasteiger partial charge is 0.228 e. The van der Waals surface area contributed by atoms with Crippen LogP contribution in [0.15, 0.2) is 54.0 Å². The minimum atomic E-state index is 0.116. The Hall–Kier alpha value is -2.97. The molecule has 0 spiro atoms. The maximum atomic E-state index is 12.8. The number of amides is 1. The predicted molar refractivity (Wildman–Crippen MR) is 123 cm³/mol. The van der Waals surface area contributed by atoms with E-state index in [2.05, 4.69) is 15.2 Å². The van der Waals surface area contributed by atoms with Gasteiger partial charge in [-0.05, 0) is 49.2 Å². The molecule has 0 unspecified atom stereocenters. The number of halogens is 1. The molecular weight excluding hydrogens is 446 g/mol. The van der Waals surface area contributed by atoms with E-state index in [0.29, 0.717) is 24.0 Å². The van der Waals surface area contributed by atoms with Crippen LogP contribution in [0.3, 0.4) is 0 Å². The summed E-state index contributed by atoms with van der Waals surface area (Å²) in [6.07, 6.45) is 4.09. The summed E-state index contributed by atoms with van der Waals surface area (Å²) in [6, 6.07) is 13.1. The normalized spacial score (nSPS) is 14.7. The molecule has 0 saturated carbocycles. The molecule has 4 aromatic rings. The molecule has 1 aromatic carbocycles. The van der Waals surface area contributed by atoms with Crippen LogP contribution in [0.4, 0.5) is 0 Å². The molecule has 32 heavy (non-hydrogen) atoms. The van der Waals surface area contributed by atoms with E-state index in [-0.39, 0.29) is 5.91 Å². The molecule has 0 bridgehead atoms. The summed E-state index contributed by atoms with van der Waals surface area (Å²) in [7, 11) is 0. The second-order valence-corrected chi connectivity index (χ2v) is 9.17. The van der Waals surface area contributed by atoms with Crippen molar-refractivity contribution in [1.82, 2.24) is 24.5 Å². The van der Waals surface area contributed by atoms with Gasteiger partial charge in [-0.25, -0.2) is 4.98 Å². The number of benzene rings is 1. The van der Waals surface area contributed by atoms with E-state index in [1.807, 2.05) is 51.2 Å². The van der Waals surface area contributed by atoms with Gasteiger partial charge in [-0.3, -0.25) is 9.20 Å². The van der Waals surface area contributed by atoms with E-state index < -0.39 is 0 Å². The second-order valence-electron chi connectivity index (χ2n) is 7.79. The molecule has 164 valence electrons. The molecule has 1 aliphatic heterocycles. The number of hydrogen-bond acceptors (Lipinski definition) is 6. The Morgan fingerprint density at radius 3 is 2.75 bits per heavy atom. The molecule has 3 aromatic heterocycles. The van der Waals surface area contributed by atoms with Gasteiger partial charge in [0, 0.05) is 35.6 Å². The number of piperidine rings is 1. The molecule has 1 amide bonds. The van der Waals surface area contributed by atoms with E-state index in [4.69, 9.17) is 16.3 Å². The van der Waals surface area contributed by atoms with Crippen molar-refractivity contribution in [3.05, 3.63) is 75.6 Å². The number of carbonyl (C=O) groups is 1. The summed E-state index contributed by atoms with van der Waals surface area (Å²) < 4.78 is 7.79. The lowest BCUT2D eigenvalue weighted by Crippen LogP contribution is -2.39. The van der Waals surface area contributed by atoms with Gasteiger partial charge < -0.3 is 9.64 Å². The molecule has 0 radical (unpaired) electrons.